The summed E-state index contributed by atoms with van der Waals surface area (Å²) in [5, 5.41) is 6.46. The molecule has 1 amide bonds. The number of nitrogens with one attached hydrogen (secondary N) is 2. The number of amides is 1. The third kappa shape index (κ3) is 4.42. The van der Waals surface area contributed by atoms with E-state index in [1.165, 1.54) is 43.4 Å². The highest BCUT2D eigenvalue weighted by molar-refractivity contribution is 7.21. The number of rotatable bonds is 4. The first-order chi connectivity index (χ1) is 18.7. The first kappa shape index (κ1) is 24.2. The average Bonchev–Trinajstić information content (AvgIpc) is 3.38. The first-order valence-corrected chi connectivity index (χ1v) is 14.9. The number of anilines is 3. The summed E-state index contributed by atoms with van der Waals surface area (Å²) >= 11 is 1.52. The van der Waals surface area contributed by atoms with Gasteiger partial charge in [0, 0.05) is 49.7 Å². The van der Waals surface area contributed by atoms with E-state index in [9.17, 15) is 4.79 Å². The number of fused-ring (bicyclic) bond motifs is 4. The van der Waals surface area contributed by atoms with Crippen molar-refractivity contribution in [1.29, 1.82) is 0 Å². The van der Waals surface area contributed by atoms with Gasteiger partial charge < -0.3 is 20.3 Å². The van der Waals surface area contributed by atoms with Gasteiger partial charge >= 0.3 is 0 Å². The highest BCUT2D eigenvalue weighted by atomic mass is 32.1. The fourth-order valence-electron chi connectivity index (χ4n) is 6.87. The monoisotopic (exact) mass is 533 g/mol. The van der Waals surface area contributed by atoms with Gasteiger partial charge in [-0.05, 0) is 37.8 Å². The summed E-state index contributed by atoms with van der Waals surface area (Å²) in [5.74, 6) is 1.28. The summed E-state index contributed by atoms with van der Waals surface area (Å²) in [7, 11) is 0. The molecule has 0 radical (unpaired) electrons. The Balaban J connectivity index is 1.07. The van der Waals surface area contributed by atoms with Crippen molar-refractivity contribution in [2.75, 3.05) is 56.2 Å². The second kappa shape index (κ2) is 10.1. The van der Waals surface area contributed by atoms with Gasteiger partial charge in [0.05, 0.1) is 46.4 Å². The molecule has 3 fully saturated rings. The van der Waals surface area contributed by atoms with Crippen molar-refractivity contribution in [3.05, 3.63) is 35.0 Å². The molecule has 3 aliphatic heterocycles. The molecule has 0 atom stereocenters. The Hall–Kier alpha value is -2.82. The van der Waals surface area contributed by atoms with E-state index < -0.39 is 0 Å². The van der Waals surface area contributed by atoms with E-state index in [2.05, 4.69) is 36.5 Å². The van der Waals surface area contributed by atoms with Crippen molar-refractivity contribution < 1.29 is 9.53 Å². The molecule has 1 aliphatic carbocycles. The predicted molar refractivity (Wildman–Crippen MR) is 150 cm³/mol. The minimum Gasteiger partial charge on any atom is -0.379 e. The minimum atomic E-state index is 0.000488. The van der Waals surface area contributed by atoms with Crippen molar-refractivity contribution in [2.45, 2.75) is 56.4 Å². The van der Waals surface area contributed by atoms with Gasteiger partial charge in [0.2, 0.25) is 5.95 Å². The number of morpholine rings is 1. The van der Waals surface area contributed by atoms with E-state index in [1.807, 2.05) is 18.5 Å². The molecule has 0 bridgehead atoms. The van der Waals surface area contributed by atoms with Crippen molar-refractivity contribution in [1.82, 2.24) is 25.2 Å². The SMILES string of the molecule is O=C1NCC2(CCCCC2)c2c1sc1cnc(Nc3ccc(N4CCC(N5CCOCC5)CC4)cn3)nc21. The lowest BCUT2D eigenvalue weighted by molar-refractivity contribution is 0.0115. The normalized spacial score (nSPS) is 22.4. The molecule has 2 saturated heterocycles. The number of hydrogen-bond acceptors (Lipinski definition) is 9. The summed E-state index contributed by atoms with van der Waals surface area (Å²) in [4.78, 5) is 32.8. The van der Waals surface area contributed by atoms with Crippen LogP contribution in [-0.2, 0) is 10.2 Å². The number of pyridine rings is 1. The van der Waals surface area contributed by atoms with Crippen LogP contribution in [-0.4, -0.2) is 77.7 Å². The van der Waals surface area contributed by atoms with Crippen LogP contribution in [0.25, 0.3) is 10.2 Å². The number of ether oxygens (including phenoxy) is 1. The molecule has 7 rings (SSSR count). The molecule has 0 aromatic carbocycles. The number of nitrogens with zero attached hydrogens (tertiary/aromatic N) is 5. The Kier molecular flexibility index (Phi) is 6.41. The molecule has 4 aliphatic rings. The Morgan fingerprint density at radius 2 is 1.84 bits per heavy atom. The predicted octanol–water partition coefficient (Wildman–Crippen LogP) is 4.08. The third-order valence-electron chi connectivity index (χ3n) is 8.95. The quantitative estimate of drug-likeness (QED) is 0.518. The molecule has 3 aromatic rings. The molecule has 200 valence electrons. The van der Waals surface area contributed by atoms with E-state index in [0.29, 0.717) is 18.5 Å². The fourth-order valence-corrected chi connectivity index (χ4v) is 8.02. The Morgan fingerprint density at radius 3 is 2.61 bits per heavy atom. The lowest BCUT2D eigenvalue weighted by atomic mass is 9.68. The van der Waals surface area contributed by atoms with Gasteiger partial charge in [0.25, 0.3) is 5.91 Å². The zero-order valence-electron chi connectivity index (χ0n) is 21.7. The molecule has 6 heterocycles. The summed E-state index contributed by atoms with van der Waals surface area (Å²) < 4.78 is 6.49. The second-order valence-electron chi connectivity index (χ2n) is 11.1. The Bertz CT molecular complexity index is 1310. The van der Waals surface area contributed by atoms with Gasteiger partial charge in [-0.15, -0.1) is 11.3 Å². The van der Waals surface area contributed by atoms with Gasteiger partial charge in [-0.3, -0.25) is 9.69 Å². The van der Waals surface area contributed by atoms with Crippen LogP contribution in [0.4, 0.5) is 17.5 Å². The molecular formula is C28H35N7O2S. The fraction of sp³-hybridized carbons (Fsp3) is 0.571. The third-order valence-corrected chi connectivity index (χ3v) is 10.1. The number of carbonyl (C=O) groups excluding carboxylic acids is 1. The molecule has 1 saturated carbocycles. The number of carbonyl (C=O) groups is 1. The van der Waals surface area contributed by atoms with E-state index in [4.69, 9.17) is 9.72 Å². The number of aromatic nitrogens is 3. The lowest BCUT2D eigenvalue weighted by Crippen LogP contribution is -2.49. The van der Waals surface area contributed by atoms with Crippen molar-refractivity contribution in [3.8, 4) is 0 Å². The summed E-state index contributed by atoms with van der Waals surface area (Å²) in [6, 6.07) is 4.81. The van der Waals surface area contributed by atoms with Crippen LogP contribution in [0.3, 0.4) is 0 Å². The maximum absolute atomic E-state index is 12.7. The maximum atomic E-state index is 12.7. The summed E-state index contributed by atoms with van der Waals surface area (Å²) in [5.41, 5.74) is 3.24. The van der Waals surface area contributed by atoms with E-state index in [0.717, 1.165) is 84.4 Å². The van der Waals surface area contributed by atoms with E-state index >= 15 is 0 Å². The zero-order chi connectivity index (χ0) is 25.5. The van der Waals surface area contributed by atoms with Crippen LogP contribution in [0, 0.1) is 0 Å². The van der Waals surface area contributed by atoms with E-state index in [-0.39, 0.29) is 11.3 Å². The molecule has 3 aromatic heterocycles. The minimum absolute atomic E-state index is 0.000488. The molecule has 9 nitrogen and oxygen atoms in total. The smallest absolute Gasteiger partial charge is 0.261 e. The summed E-state index contributed by atoms with van der Waals surface area (Å²) in [6.07, 6.45) is 12.0. The van der Waals surface area contributed by atoms with Gasteiger partial charge in [0.1, 0.15) is 5.82 Å². The zero-order valence-corrected chi connectivity index (χ0v) is 22.6. The highest BCUT2D eigenvalue weighted by Crippen LogP contribution is 2.48. The number of piperidine rings is 1. The molecule has 1 spiro atoms. The number of thiophene rings is 1. The van der Waals surface area contributed by atoms with Crippen molar-refractivity contribution in [2.24, 2.45) is 0 Å². The van der Waals surface area contributed by atoms with Crippen LogP contribution < -0.4 is 15.5 Å². The largest absolute Gasteiger partial charge is 0.379 e. The maximum Gasteiger partial charge on any atom is 0.261 e. The van der Waals surface area contributed by atoms with E-state index in [1.54, 1.807) is 0 Å². The molecular weight excluding hydrogens is 498 g/mol. The van der Waals surface area contributed by atoms with Gasteiger partial charge in [-0.2, -0.15) is 0 Å². The van der Waals surface area contributed by atoms with Crippen LogP contribution in [0.1, 0.15) is 60.2 Å². The van der Waals surface area contributed by atoms with Crippen LogP contribution >= 0.6 is 11.3 Å². The highest BCUT2D eigenvalue weighted by Gasteiger charge is 2.43. The molecule has 2 N–H and O–H groups in total. The van der Waals surface area contributed by atoms with Crippen LogP contribution in [0.5, 0.6) is 0 Å². The summed E-state index contributed by atoms with van der Waals surface area (Å²) in [6.45, 7) is 6.65. The standard InChI is InChI=1S/C28H35N7O2S/c36-26-25-23(28(18-31-26)8-2-1-3-9-28)24-21(38-25)17-30-27(33-24)32-22-5-4-20(16-29-22)34-10-6-19(7-11-34)35-12-14-37-15-13-35/h4-5,16-17,19H,1-3,6-15,18H2,(H,31,36)(H,29,30,32,33). The van der Waals surface area contributed by atoms with Crippen molar-refractivity contribution >= 4 is 44.9 Å². The van der Waals surface area contributed by atoms with Gasteiger partial charge in [0.15, 0.2) is 0 Å². The Morgan fingerprint density at radius 1 is 1.03 bits per heavy atom. The second-order valence-corrected chi connectivity index (χ2v) is 12.2. The first-order valence-electron chi connectivity index (χ1n) is 14.1. The van der Waals surface area contributed by atoms with Crippen molar-refractivity contribution in [3.63, 3.8) is 0 Å². The van der Waals surface area contributed by atoms with Gasteiger partial charge in [-0.1, -0.05) is 19.3 Å². The average molecular weight is 534 g/mol. The lowest BCUT2D eigenvalue weighted by Gasteiger charge is -2.40. The Labute approximate surface area is 227 Å². The van der Waals surface area contributed by atoms with Crippen LogP contribution in [0.2, 0.25) is 0 Å². The van der Waals surface area contributed by atoms with Gasteiger partial charge in [-0.25, -0.2) is 15.0 Å². The molecule has 38 heavy (non-hydrogen) atoms. The number of hydrogen-bond donors (Lipinski definition) is 2. The van der Waals surface area contributed by atoms with Crippen LogP contribution in [0.15, 0.2) is 24.5 Å². The molecule has 10 heteroatoms. The topological polar surface area (TPSA) is 95.5 Å². The molecule has 0 unspecified atom stereocenters.